The zero-order valence-electron chi connectivity index (χ0n) is 12.0. The molecule has 1 aromatic rings. The number of carbonyl (C=O) groups is 1. The molecule has 4 heteroatoms. The fourth-order valence-corrected chi connectivity index (χ4v) is 3.04. The minimum atomic E-state index is -0.451. The summed E-state index contributed by atoms with van der Waals surface area (Å²) in [6.07, 6.45) is 4.97. The smallest absolute Gasteiger partial charge is 0.168 e. The van der Waals surface area contributed by atoms with Gasteiger partial charge >= 0.3 is 0 Å². The number of Topliss-reactive ketones (excluding diaryl/α,β-unsaturated/α-hetero) is 1. The molecule has 110 valence electrons. The van der Waals surface area contributed by atoms with Crippen LogP contribution in [0.5, 0.6) is 5.75 Å². The van der Waals surface area contributed by atoms with Crippen LogP contribution in [0.25, 0.3) is 0 Å². The second kappa shape index (κ2) is 6.35. The molecule has 1 aromatic carbocycles. The highest BCUT2D eigenvalue weighted by molar-refractivity contribution is 5.87. The Balaban J connectivity index is 2.18. The van der Waals surface area contributed by atoms with Crippen molar-refractivity contribution in [3.05, 3.63) is 29.6 Å². The first kappa shape index (κ1) is 15.0. The van der Waals surface area contributed by atoms with Gasteiger partial charge in [-0.1, -0.05) is 31.4 Å². The van der Waals surface area contributed by atoms with Crippen LogP contribution in [0.2, 0.25) is 0 Å². The van der Waals surface area contributed by atoms with Gasteiger partial charge in [0.2, 0.25) is 0 Å². The van der Waals surface area contributed by atoms with Gasteiger partial charge < -0.3 is 10.5 Å². The fraction of sp³-hybridized carbons (Fsp3) is 0.562. The second-order valence-corrected chi connectivity index (χ2v) is 5.58. The molecule has 20 heavy (non-hydrogen) atoms. The molecule has 1 aliphatic rings. The molecule has 0 spiro atoms. The van der Waals surface area contributed by atoms with Crippen molar-refractivity contribution in [2.75, 3.05) is 13.7 Å². The highest BCUT2D eigenvalue weighted by Crippen LogP contribution is 2.37. The van der Waals surface area contributed by atoms with Crippen molar-refractivity contribution in [1.29, 1.82) is 0 Å². The number of hydrogen-bond acceptors (Lipinski definition) is 3. The average Bonchev–Trinajstić information content (AvgIpc) is 2.50. The lowest BCUT2D eigenvalue weighted by molar-refractivity contribution is -0.129. The lowest BCUT2D eigenvalue weighted by Gasteiger charge is -2.34. The molecule has 2 rings (SSSR count). The third-order valence-corrected chi connectivity index (χ3v) is 4.41. The molecule has 1 aliphatic carbocycles. The largest absolute Gasteiger partial charge is 0.494 e. The van der Waals surface area contributed by atoms with E-state index in [4.69, 9.17) is 10.5 Å². The number of rotatable bonds is 5. The number of carbonyl (C=O) groups excluding carboxylic acids is 1. The van der Waals surface area contributed by atoms with Gasteiger partial charge in [0, 0.05) is 18.4 Å². The van der Waals surface area contributed by atoms with Gasteiger partial charge in [-0.3, -0.25) is 4.79 Å². The zero-order chi connectivity index (χ0) is 14.6. The maximum Gasteiger partial charge on any atom is 0.168 e. The van der Waals surface area contributed by atoms with Gasteiger partial charge in [0.05, 0.1) is 7.11 Å². The van der Waals surface area contributed by atoms with E-state index < -0.39 is 11.2 Å². The highest BCUT2D eigenvalue weighted by atomic mass is 19.1. The maximum atomic E-state index is 14.1. The van der Waals surface area contributed by atoms with E-state index in [-0.39, 0.29) is 18.0 Å². The van der Waals surface area contributed by atoms with Gasteiger partial charge in [0.25, 0.3) is 0 Å². The quantitative estimate of drug-likeness (QED) is 0.901. The summed E-state index contributed by atoms with van der Waals surface area (Å²) in [6.45, 7) is 0.359. The first-order valence-corrected chi connectivity index (χ1v) is 7.18. The van der Waals surface area contributed by atoms with E-state index in [2.05, 4.69) is 0 Å². The molecule has 3 nitrogen and oxygen atoms in total. The number of ether oxygens (including phenoxy) is 1. The first-order chi connectivity index (χ1) is 9.63. The van der Waals surface area contributed by atoms with E-state index in [1.165, 1.54) is 7.11 Å². The van der Waals surface area contributed by atoms with Crippen molar-refractivity contribution in [2.24, 2.45) is 11.1 Å². The molecule has 0 unspecified atom stereocenters. The third kappa shape index (κ3) is 2.85. The molecule has 1 saturated carbocycles. The van der Waals surface area contributed by atoms with E-state index in [9.17, 15) is 9.18 Å². The molecular formula is C16H22FNO2. The van der Waals surface area contributed by atoms with Gasteiger partial charge in [-0.25, -0.2) is 4.39 Å². The second-order valence-electron chi connectivity index (χ2n) is 5.58. The summed E-state index contributed by atoms with van der Waals surface area (Å²) in [5, 5.41) is 0. The summed E-state index contributed by atoms with van der Waals surface area (Å²) in [5.41, 5.74) is 5.79. The van der Waals surface area contributed by atoms with Crippen molar-refractivity contribution in [3.63, 3.8) is 0 Å². The number of ketones is 1. The first-order valence-electron chi connectivity index (χ1n) is 7.18. The molecule has 1 fully saturated rings. The van der Waals surface area contributed by atoms with E-state index in [0.29, 0.717) is 12.1 Å². The van der Waals surface area contributed by atoms with E-state index >= 15 is 0 Å². The summed E-state index contributed by atoms with van der Waals surface area (Å²) in [5.74, 6) is -0.195. The summed E-state index contributed by atoms with van der Waals surface area (Å²) in [7, 11) is 1.42. The Bertz CT molecular complexity index is 481. The SMILES string of the molecule is COc1cccc(CC(=O)C2(CN)CCCCC2)c1F. The molecule has 0 bridgehead atoms. The van der Waals surface area contributed by atoms with E-state index in [1.807, 2.05) is 0 Å². The maximum absolute atomic E-state index is 14.1. The van der Waals surface area contributed by atoms with Gasteiger partial charge in [-0.2, -0.15) is 0 Å². The molecule has 0 aromatic heterocycles. The average molecular weight is 279 g/mol. The minimum Gasteiger partial charge on any atom is -0.494 e. The predicted molar refractivity (Wildman–Crippen MR) is 76.2 cm³/mol. The van der Waals surface area contributed by atoms with E-state index in [0.717, 1.165) is 32.1 Å². The van der Waals surface area contributed by atoms with Crippen LogP contribution >= 0.6 is 0 Å². The molecule has 0 saturated heterocycles. The topological polar surface area (TPSA) is 52.3 Å². The van der Waals surface area contributed by atoms with Gasteiger partial charge in [-0.15, -0.1) is 0 Å². The van der Waals surface area contributed by atoms with Gasteiger partial charge in [0.1, 0.15) is 5.78 Å². The Morgan fingerprint density at radius 3 is 2.65 bits per heavy atom. The zero-order valence-corrected chi connectivity index (χ0v) is 12.0. The van der Waals surface area contributed by atoms with Crippen LogP contribution in [0.3, 0.4) is 0 Å². The van der Waals surface area contributed by atoms with Crippen molar-refractivity contribution in [3.8, 4) is 5.75 Å². The Morgan fingerprint density at radius 1 is 1.35 bits per heavy atom. The summed E-state index contributed by atoms with van der Waals surface area (Å²) >= 11 is 0. The molecule has 0 aliphatic heterocycles. The van der Waals surface area contributed by atoms with Crippen molar-refractivity contribution in [2.45, 2.75) is 38.5 Å². The van der Waals surface area contributed by atoms with Crippen LogP contribution in [0, 0.1) is 11.2 Å². The molecule has 0 amide bonds. The summed E-state index contributed by atoms with van der Waals surface area (Å²) < 4.78 is 19.1. The Labute approximate surface area is 119 Å². The lowest BCUT2D eigenvalue weighted by Crippen LogP contribution is -2.41. The van der Waals surface area contributed by atoms with Crippen LogP contribution in [0.15, 0.2) is 18.2 Å². The summed E-state index contributed by atoms with van der Waals surface area (Å²) in [4.78, 5) is 12.6. The standard InChI is InChI=1S/C16H22FNO2/c1-20-13-7-5-6-12(15(13)17)10-14(19)16(11-18)8-3-2-4-9-16/h5-7H,2-4,8-11,18H2,1H3. The van der Waals surface area contributed by atoms with Crippen LogP contribution in [0.1, 0.15) is 37.7 Å². The molecule has 0 radical (unpaired) electrons. The van der Waals surface area contributed by atoms with Gasteiger partial charge in [0.15, 0.2) is 11.6 Å². The fourth-order valence-electron chi connectivity index (χ4n) is 3.04. The van der Waals surface area contributed by atoms with Crippen LogP contribution in [0.4, 0.5) is 4.39 Å². The lowest BCUT2D eigenvalue weighted by atomic mass is 9.70. The van der Waals surface area contributed by atoms with Crippen LogP contribution < -0.4 is 10.5 Å². The minimum absolute atomic E-state index is 0.0619. The molecule has 2 N–H and O–H groups in total. The highest BCUT2D eigenvalue weighted by Gasteiger charge is 2.37. The molecule has 0 atom stereocenters. The monoisotopic (exact) mass is 279 g/mol. The number of hydrogen-bond donors (Lipinski definition) is 1. The van der Waals surface area contributed by atoms with Crippen molar-refractivity contribution >= 4 is 5.78 Å². The van der Waals surface area contributed by atoms with Gasteiger partial charge in [-0.05, 0) is 24.5 Å². The Kier molecular flexibility index (Phi) is 4.76. The Hall–Kier alpha value is -1.42. The molecular weight excluding hydrogens is 257 g/mol. The Morgan fingerprint density at radius 2 is 2.05 bits per heavy atom. The summed E-state index contributed by atoms with van der Waals surface area (Å²) in [6, 6.07) is 4.91. The molecule has 0 heterocycles. The van der Waals surface area contributed by atoms with Crippen LogP contribution in [-0.4, -0.2) is 19.4 Å². The van der Waals surface area contributed by atoms with Crippen molar-refractivity contribution in [1.82, 2.24) is 0 Å². The van der Waals surface area contributed by atoms with E-state index in [1.54, 1.807) is 18.2 Å². The van der Waals surface area contributed by atoms with Crippen LogP contribution in [-0.2, 0) is 11.2 Å². The predicted octanol–water partition coefficient (Wildman–Crippen LogP) is 2.86. The number of halogens is 1. The number of methoxy groups -OCH3 is 1. The third-order valence-electron chi connectivity index (χ3n) is 4.41. The number of nitrogens with two attached hydrogens (primary N) is 1. The number of benzene rings is 1. The van der Waals surface area contributed by atoms with Crippen molar-refractivity contribution < 1.29 is 13.9 Å². The normalized spacial score (nSPS) is 17.8.